The lowest BCUT2D eigenvalue weighted by Crippen LogP contribution is -2.33. The molecule has 64 heavy (non-hydrogen) atoms. The van der Waals surface area contributed by atoms with Crippen LogP contribution in [0.5, 0.6) is 0 Å². The Balaban J connectivity index is 1.10. The first-order valence-corrected chi connectivity index (χ1v) is 23.0. The molecule has 0 unspecified atom stereocenters. The molecule has 0 saturated carbocycles. The van der Waals surface area contributed by atoms with Gasteiger partial charge in [-0.25, -0.2) is 0 Å². The molecule has 0 heterocycles. The molecule has 0 fully saturated rings. The van der Waals surface area contributed by atoms with Crippen LogP contribution in [0.4, 0.5) is 17.1 Å². The molecule has 0 amide bonds. The predicted octanol–water partition coefficient (Wildman–Crippen LogP) is 16.8. The maximum absolute atomic E-state index is 2.54. The van der Waals surface area contributed by atoms with Crippen molar-refractivity contribution in [3.8, 4) is 55.6 Å². The minimum atomic E-state index is -0.468. The second kappa shape index (κ2) is 14.4. The van der Waals surface area contributed by atoms with Crippen molar-refractivity contribution < 1.29 is 0 Å². The van der Waals surface area contributed by atoms with E-state index in [4.69, 9.17) is 0 Å². The number of nitrogens with zero attached hydrogens (tertiary/aromatic N) is 1. The average Bonchev–Trinajstić information content (AvgIpc) is 3.80. The molecule has 0 radical (unpaired) electrons. The van der Waals surface area contributed by atoms with Gasteiger partial charge in [0.05, 0.1) is 11.1 Å². The van der Waals surface area contributed by atoms with Crippen LogP contribution in [0.15, 0.2) is 212 Å². The molecular formula is C63H51N. The highest BCUT2D eigenvalue weighted by atomic mass is 15.1. The van der Waals surface area contributed by atoms with E-state index < -0.39 is 5.41 Å². The van der Waals surface area contributed by atoms with Gasteiger partial charge in [-0.1, -0.05) is 204 Å². The lowest BCUT2D eigenvalue weighted by molar-refractivity contribution is 0.332. The van der Waals surface area contributed by atoms with E-state index in [9.17, 15) is 0 Å². The number of rotatable bonds is 6. The molecule has 1 spiro atoms. The topological polar surface area (TPSA) is 3.24 Å². The average molecular weight is 822 g/mol. The highest BCUT2D eigenvalue weighted by molar-refractivity contribution is 6.00. The van der Waals surface area contributed by atoms with Gasteiger partial charge in [-0.15, -0.1) is 0 Å². The Hall–Kier alpha value is -7.22. The van der Waals surface area contributed by atoms with Gasteiger partial charge in [0, 0.05) is 16.9 Å². The van der Waals surface area contributed by atoms with Crippen molar-refractivity contribution in [2.75, 3.05) is 4.90 Å². The molecule has 9 aromatic rings. The van der Waals surface area contributed by atoms with Crippen LogP contribution in [-0.2, 0) is 16.2 Å². The maximum Gasteiger partial charge on any atom is 0.0726 e. The largest absolute Gasteiger partial charge is 0.310 e. The zero-order chi connectivity index (χ0) is 43.2. The number of benzene rings is 9. The second-order valence-corrected chi connectivity index (χ2v) is 19.5. The quantitative estimate of drug-likeness (QED) is 0.161. The number of hydrogen-bond donors (Lipinski definition) is 0. The summed E-state index contributed by atoms with van der Waals surface area (Å²) in [6, 6.07) is 79.7. The van der Waals surface area contributed by atoms with Crippen LogP contribution in [-0.4, -0.2) is 0 Å². The van der Waals surface area contributed by atoms with Crippen LogP contribution in [0, 0.1) is 0 Å². The van der Waals surface area contributed by atoms with Crippen LogP contribution in [0.2, 0.25) is 0 Å². The molecule has 1 heteroatoms. The molecule has 9 aromatic carbocycles. The van der Waals surface area contributed by atoms with Crippen molar-refractivity contribution in [3.05, 3.63) is 246 Å². The standard InChI is InChI=1S/C63H51N/c1-61(2)37-38-62(3,4)59-39-46(33-36-57(59)61)44-27-29-45(30-28-44)52-40-53-51-23-13-16-26-56(51)63(54-24-14-11-21-49(54)50-22-12-15-25-55(50)63)58(53)41-60(52)64(47-19-9-6-10-20-47)48-34-31-43(32-35-48)42-17-7-5-8-18-42/h5-36,39-41H,37-38H2,1-4H3. The first kappa shape index (κ1) is 38.5. The predicted molar refractivity (Wildman–Crippen MR) is 269 cm³/mol. The Morgan fingerprint density at radius 3 is 1.34 bits per heavy atom. The van der Waals surface area contributed by atoms with Gasteiger partial charge in [0.1, 0.15) is 0 Å². The van der Waals surface area contributed by atoms with Crippen molar-refractivity contribution in [2.45, 2.75) is 56.8 Å². The van der Waals surface area contributed by atoms with Crippen molar-refractivity contribution in [1.29, 1.82) is 0 Å². The summed E-state index contributed by atoms with van der Waals surface area (Å²) in [4.78, 5) is 2.48. The number of para-hydroxylation sites is 1. The fourth-order valence-corrected chi connectivity index (χ4v) is 11.6. The molecule has 0 saturated heterocycles. The van der Waals surface area contributed by atoms with Crippen molar-refractivity contribution in [2.24, 2.45) is 0 Å². The van der Waals surface area contributed by atoms with Crippen LogP contribution in [0.25, 0.3) is 55.6 Å². The summed E-state index contributed by atoms with van der Waals surface area (Å²) in [5.41, 5.74) is 24.1. The highest BCUT2D eigenvalue weighted by Gasteiger charge is 2.52. The first-order chi connectivity index (χ1) is 31.2. The highest BCUT2D eigenvalue weighted by Crippen LogP contribution is 2.64. The van der Waals surface area contributed by atoms with Gasteiger partial charge in [0.25, 0.3) is 0 Å². The number of fused-ring (bicyclic) bond motifs is 11. The lowest BCUT2D eigenvalue weighted by Gasteiger charge is -2.42. The van der Waals surface area contributed by atoms with Crippen molar-refractivity contribution in [1.82, 2.24) is 0 Å². The lowest BCUT2D eigenvalue weighted by atomic mass is 9.63. The van der Waals surface area contributed by atoms with E-state index >= 15 is 0 Å². The molecule has 0 N–H and O–H groups in total. The summed E-state index contributed by atoms with van der Waals surface area (Å²) >= 11 is 0. The van der Waals surface area contributed by atoms with Gasteiger partial charge >= 0.3 is 0 Å². The molecule has 0 atom stereocenters. The summed E-state index contributed by atoms with van der Waals surface area (Å²) in [6.07, 6.45) is 2.41. The van der Waals surface area contributed by atoms with Gasteiger partial charge in [0.15, 0.2) is 0 Å². The maximum atomic E-state index is 2.54. The Kier molecular flexibility index (Phi) is 8.66. The van der Waals surface area contributed by atoms with E-state index in [1.165, 1.54) is 102 Å². The molecule has 0 aromatic heterocycles. The van der Waals surface area contributed by atoms with Gasteiger partial charge < -0.3 is 4.90 Å². The minimum absolute atomic E-state index is 0.147. The normalized spacial score (nSPS) is 15.4. The summed E-state index contributed by atoms with van der Waals surface area (Å²) < 4.78 is 0. The first-order valence-electron chi connectivity index (χ1n) is 23.0. The zero-order valence-electron chi connectivity index (χ0n) is 37.1. The van der Waals surface area contributed by atoms with E-state index in [2.05, 4.69) is 245 Å². The number of hydrogen-bond acceptors (Lipinski definition) is 1. The molecule has 0 aliphatic heterocycles. The second-order valence-electron chi connectivity index (χ2n) is 19.5. The van der Waals surface area contributed by atoms with Gasteiger partial charge in [-0.2, -0.15) is 0 Å². The summed E-state index contributed by atoms with van der Waals surface area (Å²) in [5, 5.41) is 0. The zero-order valence-corrected chi connectivity index (χ0v) is 37.1. The van der Waals surface area contributed by atoms with E-state index in [1.54, 1.807) is 0 Å². The Morgan fingerprint density at radius 1 is 0.297 bits per heavy atom. The molecule has 12 rings (SSSR count). The third-order valence-corrected chi connectivity index (χ3v) is 15.0. The summed E-state index contributed by atoms with van der Waals surface area (Å²) in [7, 11) is 0. The Morgan fingerprint density at radius 2 is 0.734 bits per heavy atom. The minimum Gasteiger partial charge on any atom is -0.310 e. The molecule has 3 aliphatic carbocycles. The fourth-order valence-electron chi connectivity index (χ4n) is 11.6. The molecule has 308 valence electrons. The fraction of sp³-hybridized carbons (Fsp3) is 0.143. The van der Waals surface area contributed by atoms with Crippen LogP contribution in [0.3, 0.4) is 0 Å². The molecule has 3 aliphatic rings. The molecular weight excluding hydrogens is 771 g/mol. The van der Waals surface area contributed by atoms with Crippen molar-refractivity contribution in [3.63, 3.8) is 0 Å². The van der Waals surface area contributed by atoms with E-state index in [-0.39, 0.29) is 10.8 Å². The van der Waals surface area contributed by atoms with Gasteiger partial charge in [-0.05, 0) is 144 Å². The summed E-state index contributed by atoms with van der Waals surface area (Å²) in [5.74, 6) is 0. The third-order valence-electron chi connectivity index (χ3n) is 15.0. The van der Waals surface area contributed by atoms with Crippen molar-refractivity contribution >= 4 is 17.1 Å². The van der Waals surface area contributed by atoms with E-state index in [1.807, 2.05) is 0 Å². The monoisotopic (exact) mass is 821 g/mol. The van der Waals surface area contributed by atoms with Gasteiger partial charge in [0.2, 0.25) is 0 Å². The molecule has 1 nitrogen and oxygen atoms in total. The Labute approximate surface area is 378 Å². The molecule has 0 bridgehead atoms. The smallest absolute Gasteiger partial charge is 0.0726 e. The van der Waals surface area contributed by atoms with Crippen LogP contribution < -0.4 is 4.90 Å². The summed E-state index contributed by atoms with van der Waals surface area (Å²) in [6.45, 7) is 9.65. The Bertz CT molecular complexity index is 3200. The van der Waals surface area contributed by atoms with Crippen LogP contribution >= 0.6 is 0 Å². The van der Waals surface area contributed by atoms with E-state index in [0.29, 0.717) is 0 Å². The van der Waals surface area contributed by atoms with Crippen LogP contribution in [0.1, 0.15) is 73.9 Å². The number of anilines is 3. The van der Waals surface area contributed by atoms with E-state index in [0.717, 1.165) is 17.1 Å². The third kappa shape index (κ3) is 5.77. The SMILES string of the molecule is CC1(C)CCC(C)(C)c2cc(-c3ccc(-c4cc5c(cc4N(c4ccccc4)c4ccc(-c6ccccc6)cc4)C4(c6ccccc6-c6ccccc64)c4ccccc4-5)cc3)ccc21. The van der Waals surface area contributed by atoms with Gasteiger partial charge in [-0.3, -0.25) is 0 Å².